The minimum Gasteiger partial charge on any atom is -0.393 e. The average molecular weight is 262 g/mol. The standard InChI is InChI=1S/C16H22O3/c17-14-12-11-6-7-16(9-11,13(12)15(18)19-14)8-10-4-2-1-3-5-10/h10-13H,1-9H2. The van der Waals surface area contributed by atoms with Crippen LogP contribution in [-0.2, 0) is 14.3 Å². The quantitative estimate of drug-likeness (QED) is 0.567. The third-order valence-corrected chi connectivity index (χ3v) is 6.36. The molecule has 1 heterocycles. The molecule has 1 aliphatic heterocycles. The molecule has 3 heteroatoms. The van der Waals surface area contributed by atoms with Crippen molar-refractivity contribution < 1.29 is 14.3 Å². The molecular formula is C16H22O3. The molecule has 4 fully saturated rings. The molecule has 0 radical (unpaired) electrons. The summed E-state index contributed by atoms with van der Waals surface area (Å²) in [6.07, 6.45) is 11.3. The van der Waals surface area contributed by atoms with Crippen molar-refractivity contribution >= 4 is 11.9 Å². The van der Waals surface area contributed by atoms with E-state index in [4.69, 9.17) is 4.74 Å². The Hall–Kier alpha value is -0.860. The third kappa shape index (κ3) is 1.63. The van der Waals surface area contributed by atoms with Gasteiger partial charge in [-0.25, -0.2) is 0 Å². The second kappa shape index (κ2) is 4.07. The number of cyclic esters (lactones) is 2. The maximum absolute atomic E-state index is 12.1. The molecule has 0 spiro atoms. The fraction of sp³-hybridized carbons (Fsp3) is 0.875. The van der Waals surface area contributed by atoms with Gasteiger partial charge in [-0.05, 0) is 42.9 Å². The van der Waals surface area contributed by atoms with Crippen molar-refractivity contribution in [3.05, 3.63) is 0 Å². The monoisotopic (exact) mass is 262 g/mol. The van der Waals surface area contributed by atoms with Gasteiger partial charge in [-0.2, -0.15) is 0 Å². The van der Waals surface area contributed by atoms with E-state index < -0.39 is 0 Å². The van der Waals surface area contributed by atoms with E-state index >= 15 is 0 Å². The summed E-state index contributed by atoms with van der Waals surface area (Å²) in [5, 5.41) is 0. The first-order chi connectivity index (χ1) is 9.20. The van der Waals surface area contributed by atoms with Crippen LogP contribution in [0.4, 0.5) is 0 Å². The minimum absolute atomic E-state index is 0.0789. The van der Waals surface area contributed by atoms with E-state index in [0.29, 0.717) is 5.92 Å². The van der Waals surface area contributed by atoms with E-state index in [9.17, 15) is 9.59 Å². The first-order valence-electron chi connectivity index (χ1n) is 7.95. The van der Waals surface area contributed by atoms with Crippen molar-refractivity contribution in [1.29, 1.82) is 0 Å². The van der Waals surface area contributed by atoms with E-state index in [1.54, 1.807) is 0 Å². The molecule has 19 heavy (non-hydrogen) atoms. The summed E-state index contributed by atoms with van der Waals surface area (Å²) < 4.78 is 4.95. The highest BCUT2D eigenvalue weighted by Crippen LogP contribution is 2.65. The number of hydrogen-bond acceptors (Lipinski definition) is 3. The predicted molar refractivity (Wildman–Crippen MR) is 69.0 cm³/mol. The highest BCUT2D eigenvalue weighted by Gasteiger charge is 2.67. The van der Waals surface area contributed by atoms with E-state index in [1.165, 1.54) is 38.5 Å². The van der Waals surface area contributed by atoms with E-state index in [2.05, 4.69) is 0 Å². The maximum Gasteiger partial charge on any atom is 0.318 e. The van der Waals surface area contributed by atoms with E-state index in [0.717, 1.165) is 25.2 Å². The van der Waals surface area contributed by atoms with E-state index in [-0.39, 0.29) is 29.2 Å². The normalized spacial score (nSPS) is 45.6. The topological polar surface area (TPSA) is 43.4 Å². The summed E-state index contributed by atoms with van der Waals surface area (Å²) in [5.74, 6) is 0.644. The Labute approximate surface area is 114 Å². The summed E-state index contributed by atoms with van der Waals surface area (Å²) in [6, 6.07) is 0. The summed E-state index contributed by atoms with van der Waals surface area (Å²) >= 11 is 0. The molecule has 0 amide bonds. The molecule has 0 aromatic carbocycles. The van der Waals surface area contributed by atoms with Crippen LogP contribution in [0.15, 0.2) is 0 Å². The third-order valence-electron chi connectivity index (χ3n) is 6.36. The van der Waals surface area contributed by atoms with Gasteiger partial charge in [0.1, 0.15) is 0 Å². The number of carbonyl (C=O) groups is 2. The van der Waals surface area contributed by atoms with Gasteiger partial charge >= 0.3 is 11.9 Å². The van der Waals surface area contributed by atoms with Gasteiger partial charge in [0.25, 0.3) is 0 Å². The van der Waals surface area contributed by atoms with Crippen molar-refractivity contribution in [1.82, 2.24) is 0 Å². The van der Waals surface area contributed by atoms with Gasteiger partial charge in [0, 0.05) is 0 Å². The first-order valence-corrected chi connectivity index (χ1v) is 7.95. The molecule has 3 saturated carbocycles. The zero-order chi connectivity index (χ0) is 13.0. The molecule has 0 aromatic heterocycles. The van der Waals surface area contributed by atoms with Gasteiger partial charge in [-0.3, -0.25) is 9.59 Å². The largest absolute Gasteiger partial charge is 0.393 e. The van der Waals surface area contributed by atoms with Crippen LogP contribution < -0.4 is 0 Å². The van der Waals surface area contributed by atoms with Crippen LogP contribution in [0.2, 0.25) is 0 Å². The first kappa shape index (κ1) is 11.9. The van der Waals surface area contributed by atoms with Crippen LogP contribution in [0, 0.1) is 29.1 Å². The minimum atomic E-state index is -0.217. The number of esters is 2. The SMILES string of the molecule is O=C1OC(=O)C2C1C1CCC2(CC2CCCCC2)C1. The van der Waals surface area contributed by atoms with Crippen LogP contribution in [0.1, 0.15) is 57.8 Å². The molecular weight excluding hydrogens is 240 g/mol. The van der Waals surface area contributed by atoms with Gasteiger partial charge in [-0.15, -0.1) is 0 Å². The van der Waals surface area contributed by atoms with Gasteiger partial charge in [0.15, 0.2) is 0 Å². The molecule has 1 saturated heterocycles. The smallest absolute Gasteiger partial charge is 0.318 e. The maximum atomic E-state index is 12.1. The van der Waals surface area contributed by atoms with Crippen molar-refractivity contribution in [3.63, 3.8) is 0 Å². The molecule has 104 valence electrons. The number of fused-ring (bicyclic) bond motifs is 5. The average Bonchev–Trinajstić information content (AvgIpc) is 3.03. The second-order valence-corrected chi connectivity index (χ2v) is 7.32. The van der Waals surface area contributed by atoms with Gasteiger partial charge in [0.05, 0.1) is 11.8 Å². The zero-order valence-corrected chi connectivity index (χ0v) is 11.4. The summed E-state index contributed by atoms with van der Waals surface area (Å²) in [5.41, 5.74) is 0.126. The van der Waals surface area contributed by atoms with Crippen molar-refractivity contribution in [3.8, 4) is 0 Å². The molecule has 4 atom stereocenters. The number of carbonyl (C=O) groups excluding carboxylic acids is 2. The summed E-state index contributed by atoms with van der Waals surface area (Å²) in [7, 11) is 0. The van der Waals surface area contributed by atoms with Gasteiger partial charge < -0.3 is 4.74 Å². The lowest BCUT2D eigenvalue weighted by atomic mass is 9.65. The lowest BCUT2D eigenvalue weighted by Crippen LogP contribution is -2.35. The Bertz CT molecular complexity index is 424. The van der Waals surface area contributed by atoms with Crippen molar-refractivity contribution in [2.24, 2.45) is 29.1 Å². The number of rotatable bonds is 2. The lowest BCUT2D eigenvalue weighted by molar-refractivity contribution is -0.155. The van der Waals surface area contributed by atoms with Crippen LogP contribution in [0.3, 0.4) is 0 Å². The Kier molecular flexibility index (Phi) is 2.55. The van der Waals surface area contributed by atoms with Crippen molar-refractivity contribution in [2.45, 2.75) is 57.8 Å². The number of ether oxygens (including phenoxy) is 1. The molecule has 3 aliphatic carbocycles. The van der Waals surface area contributed by atoms with Crippen LogP contribution in [-0.4, -0.2) is 11.9 Å². The molecule has 0 N–H and O–H groups in total. The Balaban J connectivity index is 1.59. The molecule has 3 nitrogen and oxygen atoms in total. The van der Waals surface area contributed by atoms with Crippen LogP contribution >= 0.6 is 0 Å². The molecule has 4 unspecified atom stereocenters. The van der Waals surface area contributed by atoms with Gasteiger partial charge in [0.2, 0.25) is 0 Å². The van der Waals surface area contributed by atoms with Crippen molar-refractivity contribution in [2.75, 3.05) is 0 Å². The lowest BCUT2D eigenvalue weighted by Gasteiger charge is -2.36. The highest BCUT2D eigenvalue weighted by atomic mass is 16.6. The fourth-order valence-electron chi connectivity index (χ4n) is 5.68. The number of hydrogen-bond donors (Lipinski definition) is 0. The van der Waals surface area contributed by atoms with Gasteiger partial charge in [-0.1, -0.05) is 32.1 Å². The Morgan fingerprint density at radius 2 is 1.84 bits per heavy atom. The highest BCUT2D eigenvalue weighted by molar-refractivity contribution is 5.98. The van der Waals surface area contributed by atoms with E-state index in [1.807, 2.05) is 0 Å². The second-order valence-electron chi connectivity index (χ2n) is 7.32. The van der Waals surface area contributed by atoms with Crippen LogP contribution in [0.25, 0.3) is 0 Å². The molecule has 0 aromatic rings. The molecule has 2 bridgehead atoms. The molecule has 4 aliphatic rings. The summed E-state index contributed by atoms with van der Waals surface area (Å²) in [6.45, 7) is 0. The zero-order valence-electron chi connectivity index (χ0n) is 11.4. The summed E-state index contributed by atoms with van der Waals surface area (Å²) in [4.78, 5) is 23.9. The Morgan fingerprint density at radius 3 is 2.63 bits per heavy atom. The Morgan fingerprint density at radius 1 is 1.05 bits per heavy atom. The van der Waals surface area contributed by atoms with Crippen LogP contribution in [0.5, 0.6) is 0 Å². The predicted octanol–water partition coefficient (Wildman–Crippen LogP) is 3.07. The fourth-order valence-corrected chi connectivity index (χ4v) is 5.68. The molecule has 4 rings (SSSR count).